The molecule has 2 heterocycles. The van der Waals surface area contributed by atoms with E-state index in [1.807, 2.05) is 18.7 Å². The molecule has 4 heteroatoms. The zero-order valence-corrected chi connectivity index (χ0v) is 10.8. The molecule has 2 aliphatic heterocycles. The first kappa shape index (κ1) is 12.8. The molecule has 0 aromatic rings. The number of aliphatic hydroxyl groups is 1. The first-order valence-electron chi connectivity index (χ1n) is 6.64. The average molecular weight is 241 g/mol. The van der Waals surface area contributed by atoms with E-state index in [1.54, 1.807) is 0 Å². The van der Waals surface area contributed by atoms with Gasteiger partial charge in [-0.3, -0.25) is 4.79 Å². The summed E-state index contributed by atoms with van der Waals surface area (Å²) in [6.07, 6.45) is 4.10. The molecule has 4 nitrogen and oxygen atoms in total. The second-order valence-electron chi connectivity index (χ2n) is 5.69. The molecule has 0 spiro atoms. The normalized spacial score (nSPS) is 39.1. The maximum Gasteiger partial charge on any atom is 0.251 e. The predicted octanol–water partition coefficient (Wildman–Crippen LogP) is 1.32. The highest BCUT2D eigenvalue weighted by molar-refractivity contribution is 5.81. The maximum absolute atomic E-state index is 12.2. The number of likely N-dealkylation sites (tertiary alicyclic amines) is 1. The molecule has 2 saturated heterocycles. The summed E-state index contributed by atoms with van der Waals surface area (Å²) in [4.78, 5) is 14.1. The highest BCUT2D eigenvalue weighted by Gasteiger charge is 2.34. The topological polar surface area (TPSA) is 49.8 Å². The highest BCUT2D eigenvalue weighted by atomic mass is 16.5. The van der Waals surface area contributed by atoms with Crippen LogP contribution < -0.4 is 0 Å². The van der Waals surface area contributed by atoms with E-state index < -0.39 is 5.60 Å². The van der Waals surface area contributed by atoms with Crippen molar-refractivity contribution in [2.24, 2.45) is 0 Å². The fourth-order valence-electron chi connectivity index (χ4n) is 2.67. The van der Waals surface area contributed by atoms with Crippen LogP contribution in [-0.4, -0.2) is 46.8 Å². The highest BCUT2D eigenvalue weighted by Crippen LogP contribution is 2.25. The van der Waals surface area contributed by atoms with E-state index in [-0.39, 0.29) is 18.1 Å². The van der Waals surface area contributed by atoms with Crippen LogP contribution in [0.25, 0.3) is 0 Å². The Morgan fingerprint density at radius 3 is 2.76 bits per heavy atom. The van der Waals surface area contributed by atoms with Crippen LogP contribution in [0.15, 0.2) is 0 Å². The Bertz CT molecular complexity index is 290. The molecular weight excluding hydrogens is 218 g/mol. The van der Waals surface area contributed by atoms with E-state index in [4.69, 9.17) is 4.74 Å². The van der Waals surface area contributed by atoms with Crippen molar-refractivity contribution in [1.82, 2.24) is 4.90 Å². The molecule has 0 saturated carbocycles. The Morgan fingerprint density at radius 1 is 1.35 bits per heavy atom. The summed E-state index contributed by atoms with van der Waals surface area (Å²) in [5.41, 5.74) is -0.612. The van der Waals surface area contributed by atoms with Crippen LogP contribution in [0, 0.1) is 0 Å². The lowest BCUT2D eigenvalue weighted by Gasteiger charge is -2.25. The van der Waals surface area contributed by atoms with Crippen molar-refractivity contribution in [2.45, 2.75) is 63.8 Å². The zero-order chi connectivity index (χ0) is 12.5. The minimum atomic E-state index is -0.612. The van der Waals surface area contributed by atoms with Crippen LogP contribution in [0.5, 0.6) is 0 Å². The summed E-state index contributed by atoms with van der Waals surface area (Å²) in [5, 5.41) is 9.99. The van der Waals surface area contributed by atoms with Crippen molar-refractivity contribution in [3.05, 3.63) is 0 Å². The van der Waals surface area contributed by atoms with Crippen molar-refractivity contribution < 1.29 is 14.6 Å². The number of carbonyl (C=O) groups is 1. The van der Waals surface area contributed by atoms with Crippen LogP contribution in [0.2, 0.25) is 0 Å². The van der Waals surface area contributed by atoms with Crippen LogP contribution >= 0.6 is 0 Å². The third kappa shape index (κ3) is 3.19. The summed E-state index contributed by atoms with van der Waals surface area (Å²) in [6.45, 7) is 5.28. The van der Waals surface area contributed by atoms with Crippen molar-refractivity contribution >= 4 is 5.91 Å². The lowest BCUT2D eigenvalue weighted by atomic mass is 9.98. The molecular formula is C13H23NO3. The molecule has 2 aliphatic rings. The Labute approximate surface area is 103 Å². The molecule has 17 heavy (non-hydrogen) atoms. The summed E-state index contributed by atoms with van der Waals surface area (Å²) in [7, 11) is 0. The first-order valence-corrected chi connectivity index (χ1v) is 6.64. The molecule has 0 radical (unpaired) electrons. The second kappa shape index (κ2) is 4.94. The molecule has 0 aliphatic carbocycles. The van der Waals surface area contributed by atoms with Crippen LogP contribution in [0.1, 0.15) is 46.0 Å². The van der Waals surface area contributed by atoms with Gasteiger partial charge in [-0.25, -0.2) is 0 Å². The third-order valence-corrected chi connectivity index (χ3v) is 3.88. The number of amides is 1. The first-order chi connectivity index (χ1) is 7.98. The van der Waals surface area contributed by atoms with E-state index >= 15 is 0 Å². The molecule has 1 amide bonds. The lowest BCUT2D eigenvalue weighted by Crippen LogP contribution is -2.40. The summed E-state index contributed by atoms with van der Waals surface area (Å²) >= 11 is 0. The van der Waals surface area contributed by atoms with Gasteiger partial charge in [-0.15, -0.1) is 0 Å². The molecule has 3 unspecified atom stereocenters. The molecule has 3 atom stereocenters. The molecule has 0 aromatic carbocycles. The number of hydrogen-bond donors (Lipinski definition) is 1. The number of ether oxygens (including phenoxy) is 1. The van der Waals surface area contributed by atoms with Crippen LogP contribution in [-0.2, 0) is 9.53 Å². The van der Waals surface area contributed by atoms with Crippen molar-refractivity contribution in [1.29, 1.82) is 0 Å². The van der Waals surface area contributed by atoms with Gasteiger partial charge in [-0.05, 0) is 46.0 Å². The second-order valence-corrected chi connectivity index (χ2v) is 5.69. The van der Waals surface area contributed by atoms with Gasteiger partial charge in [-0.2, -0.15) is 0 Å². The molecule has 2 fully saturated rings. The van der Waals surface area contributed by atoms with Crippen molar-refractivity contribution in [3.63, 3.8) is 0 Å². The quantitative estimate of drug-likeness (QED) is 0.753. The minimum Gasteiger partial charge on any atom is -0.390 e. The fraction of sp³-hybridized carbons (Fsp3) is 0.923. The van der Waals surface area contributed by atoms with E-state index in [1.165, 1.54) is 0 Å². The standard InChI is InChI=1S/C13H23NO3/c1-10-4-5-11(17-10)12(15)14-8-3-6-13(2,16)7-9-14/h10-11,16H,3-9H2,1-2H3. The molecule has 0 aromatic heterocycles. The van der Waals surface area contributed by atoms with Gasteiger partial charge in [0.15, 0.2) is 0 Å². The van der Waals surface area contributed by atoms with Crippen molar-refractivity contribution in [3.8, 4) is 0 Å². The van der Waals surface area contributed by atoms with Crippen LogP contribution in [0.3, 0.4) is 0 Å². The summed E-state index contributed by atoms with van der Waals surface area (Å²) < 4.78 is 5.62. The van der Waals surface area contributed by atoms with Gasteiger partial charge < -0.3 is 14.7 Å². The number of nitrogens with zero attached hydrogens (tertiary/aromatic N) is 1. The maximum atomic E-state index is 12.2. The van der Waals surface area contributed by atoms with E-state index in [0.29, 0.717) is 13.0 Å². The van der Waals surface area contributed by atoms with E-state index in [9.17, 15) is 9.90 Å². The predicted molar refractivity (Wildman–Crippen MR) is 64.6 cm³/mol. The largest absolute Gasteiger partial charge is 0.390 e. The molecule has 0 bridgehead atoms. The monoisotopic (exact) mass is 241 g/mol. The zero-order valence-electron chi connectivity index (χ0n) is 10.8. The fourth-order valence-corrected chi connectivity index (χ4v) is 2.67. The SMILES string of the molecule is CC1CCC(C(=O)N2CCCC(C)(O)CC2)O1. The van der Waals surface area contributed by atoms with E-state index in [2.05, 4.69) is 0 Å². The van der Waals surface area contributed by atoms with Gasteiger partial charge in [0, 0.05) is 13.1 Å². The summed E-state index contributed by atoms with van der Waals surface area (Å²) in [6, 6.07) is 0. The van der Waals surface area contributed by atoms with Gasteiger partial charge in [0.1, 0.15) is 6.10 Å². The molecule has 98 valence electrons. The van der Waals surface area contributed by atoms with Gasteiger partial charge in [0.25, 0.3) is 5.91 Å². The van der Waals surface area contributed by atoms with Gasteiger partial charge in [0.2, 0.25) is 0 Å². The Morgan fingerprint density at radius 2 is 2.12 bits per heavy atom. The van der Waals surface area contributed by atoms with Crippen LogP contribution in [0.4, 0.5) is 0 Å². The van der Waals surface area contributed by atoms with Gasteiger partial charge >= 0.3 is 0 Å². The summed E-state index contributed by atoms with van der Waals surface area (Å²) in [5.74, 6) is 0.118. The number of rotatable bonds is 1. The van der Waals surface area contributed by atoms with Gasteiger partial charge in [0.05, 0.1) is 11.7 Å². The average Bonchev–Trinajstić information content (AvgIpc) is 2.60. The number of hydrogen-bond acceptors (Lipinski definition) is 3. The molecule has 2 rings (SSSR count). The lowest BCUT2D eigenvalue weighted by molar-refractivity contribution is -0.142. The van der Waals surface area contributed by atoms with E-state index in [0.717, 1.165) is 32.2 Å². The molecule has 1 N–H and O–H groups in total. The minimum absolute atomic E-state index is 0.118. The van der Waals surface area contributed by atoms with Gasteiger partial charge in [-0.1, -0.05) is 0 Å². The Kier molecular flexibility index (Phi) is 3.73. The number of carbonyl (C=O) groups excluding carboxylic acids is 1. The van der Waals surface area contributed by atoms with Crippen molar-refractivity contribution in [2.75, 3.05) is 13.1 Å². The Balaban J connectivity index is 1.91. The Hall–Kier alpha value is -0.610. The smallest absolute Gasteiger partial charge is 0.251 e. The third-order valence-electron chi connectivity index (χ3n) is 3.88.